The van der Waals surface area contributed by atoms with Crippen LogP contribution < -0.4 is 21.3 Å². The molecule has 0 unspecified atom stereocenters. The minimum Gasteiger partial charge on any atom is -0.386 e. The Labute approximate surface area is 225 Å². The predicted molar refractivity (Wildman–Crippen MR) is 149 cm³/mol. The maximum atomic E-state index is 14.0. The summed E-state index contributed by atoms with van der Waals surface area (Å²) in [5.74, 6) is -0.409. The van der Waals surface area contributed by atoms with Crippen molar-refractivity contribution in [2.24, 2.45) is 0 Å². The lowest BCUT2D eigenvalue weighted by Gasteiger charge is -2.18. The number of halogens is 3. The first-order valence-corrected chi connectivity index (χ1v) is 14.1. The summed E-state index contributed by atoms with van der Waals surface area (Å²) in [5.41, 5.74) is 2.06. The van der Waals surface area contributed by atoms with Crippen molar-refractivity contribution in [1.29, 1.82) is 0 Å². The van der Waals surface area contributed by atoms with Crippen LogP contribution in [0, 0.1) is 6.92 Å². The Morgan fingerprint density at radius 2 is 1.89 bits per heavy atom. The van der Waals surface area contributed by atoms with Gasteiger partial charge in [-0.1, -0.05) is 26.0 Å². The molecule has 1 saturated carbocycles. The van der Waals surface area contributed by atoms with E-state index < -0.39 is 17.6 Å². The van der Waals surface area contributed by atoms with E-state index in [9.17, 15) is 18.0 Å². The molecule has 0 aliphatic heterocycles. The summed E-state index contributed by atoms with van der Waals surface area (Å²) in [5, 5.41) is 12.8. The van der Waals surface area contributed by atoms with Gasteiger partial charge in [0.1, 0.15) is 9.71 Å². The zero-order chi connectivity index (χ0) is 27.4. The Kier molecular flexibility index (Phi) is 8.82. The summed E-state index contributed by atoms with van der Waals surface area (Å²) in [4.78, 5) is 17.9. The Bertz CT molecular complexity index is 1270. The van der Waals surface area contributed by atoms with Gasteiger partial charge in [-0.3, -0.25) is 4.79 Å². The topological polar surface area (TPSA) is 78.1 Å². The Morgan fingerprint density at radius 3 is 2.47 bits per heavy atom. The molecule has 0 spiro atoms. The lowest BCUT2D eigenvalue weighted by atomic mass is 10.0. The molecule has 0 saturated heterocycles. The summed E-state index contributed by atoms with van der Waals surface area (Å²) in [6.45, 7) is 6.64. The highest BCUT2D eigenvalue weighted by atomic mass is 32.1. The monoisotopic (exact) mass is 547 g/mol. The van der Waals surface area contributed by atoms with Crippen LogP contribution in [0.4, 0.5) is 24.5 Å². The molecule has 4 rings (SSSR count). The van der Waals surface area contributed by atoms with E-state index in [1.54, 1.807) is 6.92 Å². The van der Waals surface area contributed by atoms with Crippen LogP contribution in [-0.4, -0.2) is 43.1 Å². The molecule has 0 bridgehead atoms. The van der Waals surface area contributed by atoms with Gasteiger partial charge in [-0.25, -0.2) is 4.98 Å². The van der Waals surface area contributed by atoms with Crippen LogP contribution in [0.25, 0.3) is 10.2 Å². The van der Waals surface area contributed by atoms with Crippen LogP contribution >= 0.6 is 11.3 Å². The van der Waals surface area contributed by atoms with E-state index in [0.717, 1.165) is 35.6 Å². The number of alkyl halides is 3. The number of aromatic nitrogens is 1. The number of pyridine rings is 1. The number of carbonyl (C=O) groups excluding carboxylic acids is 1. The minimum absolute atomic E-state index is 0.0365. The van der Waals surface area contributed by atoms with E-state index in [1.807, 2.05) is 24.3 Å². The van der Waals surface area contributed by atoms with Crippen molar-refractivity contribution in [1.82, 2.24) is 15.6 Å². The fraction of sp³-hybridized carbons (Fsp3) is 0.500. The van der Waals surface area contributed by atoms with E-state index in [2.05, 4.69) is 33.2 Å². The van der Waals surface area contributed by atoms with Gasteiger partial charge in [0.2, 0.25) is 0 Å². The van der Waals surface area contributed by atoms with Crippen molar-refractivity contribution < 1.29 is 18.0 Å². The van der Waals surface area contributed by atoms with Crippen LogP contribution in [0.5, 0.6) is 0 Å². The normalized spacial score (nSPS) is 14.5. The van der Waals surface area contributed by atoms with Crippen molar-refractivity contribution in [3.05, 3.63) is 51.5 Å². The number of hydrogen-bond acceptors (Lipinski definition) is 6. The van der Waals surface area contributed by atoms with Gasteiger partial charge in [0.25, 0.3) is 5.91 Å². The third-order valence-electron chi connectivity index (χ3n) is 7.01. The molecule has 1 aliphatic rings. The van der Waals surface area contributed by atoms with Gasteiger partial charge in [0.05, 0.1) is 11.3 Å². The molecule has 4 N–H and O–H groups in total. The van der Waals surface area contributed by atoms with Gasteiger partial charge in [0.15, 0.2) is 0 Å². The van der Waals surface area contributed by atoms with Crippen molar-refractivity contribution in [2.75, 3.05) is 30.8 Å². The van der Waals surface area contributed by atoms with Crippen molar-refractivity contribution in [3.8, 4) is 0 Å². The molecule has 1 fully saturated rings. The standard InChI is InChI=1S/C28H36F3N5OS/c1-5-18(35-20-11-12-20)15-34-19-9-7-17(8-10-19)13-14-33-26(37)25-24(32-4)22-23(28(29,30)31)16(3)21(6-2)36-27(22)38-25/h7-10,18,20,32,34-35H,5-6,11-15H2,1-4H3,(H,33,37)/t18-/m0/s1. The second-order valence-corrected chi connectivity index (χ2v) is 10.8. The van der Waals surface area contributed by atoms with Crippen LogP contribution in [0.1, 0.15) is 65.2 Å². The summed E-state index contributed by atoms with van der Waals surface area (Å²) in [6, 6.07) is 9.24. The number of carbonyl (C=O) groups is 1. The van der Waals surface area contributed by atoms with Crippen LogP contribution in [0.2, 0.25) is 0 Å². The van der Waals surface area contributed by atoms with Crippen LogP contribution in [-0.2, 0) is 19.0 Å². The number of amides is 1. The average Bonchev–Trinajstić information content (AvgIpc) is 3.64. The van der Waals surface area contributed by atoms with Gasteiger partial charge in [-0.2, -0.15) is 13.2 Å². The number of fused-ring (bicyclic) bond motifs is 1. The molecular weight excluding hydrogens is 511 g/mol. The zero-order valence-corrected chi connectivity index (χ0v) is 23.1. The predicted octanol–water partition coefficient (Wildman–Crippen LogP) is 6.14. The highest BCUT2D eigenvalue weighted by Crippen LogP contribution is 2.45. The maximum Gasteiger partial charge on any atom is 0.417 e. The maximum absolute atomic E-state index is 14.0. The second kappa shape index (κ2) is 11.9. The molecule has 206 valence electrons. The third-order valence-corrected chi connectivity index (χ3v) is 8.09. The van der Waals surface area contributed by atoms with Gasteiger partial charge in [-0.15, -0.1) is 11.3 Å². The second-order valence-electron chi connectivity index (χ2n) is 9.78. The van der Waals surface area contributed by atoms with Crippen LogP contribution in [0.3, 0.4) is 0 Å². The first-order valence-electron chi connectivity index (χ1n) is 13.2. The molecule has 0 radical (unpaired) electrons. The third kappa shape index (κ3) is 6.40. The van der Waals surface area contributed by atoms with E-state index in [1.165, 1.54) is 26.8 Å². The van der Waals surface area contributed by atoms with Gasteiger partial charge in [-0.05, 0) is 62.3 Å². The Hall–Kier alpha value is -2.85. The first-order chi connectivity index (χ1) is 18.2. The SMILES string of the molecule is CCc1nc2sc(C(=O)NCCc3ccc(NC[C@H](CC)NC4CC4)cc3)c(NC)c2c(C(F)(F)F)c1C. The van der Waals surface area contributed by atoms with Gasteiger partial charge >= 0.3 is 6.18 Å². The molecule has 6 nitrogen and oxygen atoms in total. The van der Waals surface area contributed by atoms with Crippen molar-refractivity contribution >= 4 is 38.8 Å². The molecule has 3 aromatic rings. The number of aryl methyl sites for hydroxylation is 1. The zero-order valence-electron chi connectivity index (χ0n) is 22.3. The van der Waals surface area contributed by atoms with E-state index in [4.69, 9.17) is 0 Å². The summed E-state index contributed by atoms with van der Waals surface area (Å²) >= 11 is 0.991. The average molecular weight is 548 g/mol. The van der Waals surface area contributed by atoms with Crippen molar-refractivity contribution in [2.45, 2.75) is 71.1 Å². The fourth-order valence-electron chi connectivity index (χ4n) is 4.70. The number of nitrogens with one attached hydrogen (secondary N) is 4. The van der Waals surface area contributed by atoms with E-state index >= 15 is 0 Å². The number of rotatable bonds is 12. The van der Waals surface area contributed by atoms with E-state index in [-0.39, 0.29) is 26.3 Å². The molecule has 1 atom stereocenters. The quantitative estimate of drug-likeness (QED) is 0.219. The Balaban J connectivity index is 1.40. The summed E-state index contributed by atoms with van der Waals surface area (Å²) in [7, 11) is 1.53. The number of anilines is 2. The first kappa shape index (κ1) is 28.2. The Morgan fingerprint density at radius 1 is 1.18 bits per heavy atom. The molecular formula is C28H36F3N5OS. The molecule has 38 heavy (non-hydrogen) atoms. The van der Waals surface area contributed by atoms with Gasteiger partial charge < -0.3 is 21.3 Å². The van der Waals surface area contributed by atoms with Crippen molar-refractivity contribution in [3.63, 3.8) is 0 Å². The van der Waals surface area contributed by atoms with Crippen LogP contribution in [0.15, 0.2) is 24.3 Å². The molecule has 10 heteroatoms. The number of benzene rings is 1. The highest BCUT2D eigenvalue weighted by molar-refractivity contribution is 7.21. The smallest absolute Gasteiger partial charge is 0.386 e. The lowest BCUT2D eigenvalue weighted by Crippen LogP contribution is -2.36. The molecule has 1 aromatic carbocycles. The lowest BCUT2D eigenvalue weighted by molar-refractivity contribution is -0.136. The number of nitrogens with zero attached hydrogens (tertiary/aromatic N) is 1. The van der Waals surface area contributed by atoms with E-state index in [0.29, 0.717) is 37.2 Å². The van der Waals surface area contributed by atoms with Gasteiger partial charge in [0, 0.05) is 49.0 Å². The fourth-order valence-corrected chi connectivity index (χ4v) is 5.83. The summed E-state index contributed by atoms with van der Waals surface area (Å²) in [6.07, 6.45) is 0.0462. The number of thiophene rings is 1. The molecule has 2 aromatic heterocycles. The molecule has 1 aliphatic carbocycles. The minimum atomic E-state index is -4.55. The number of hydrogen-bond donors (Lipinski definition) is 4. The molecule has 1 amide bonds. The molecule has 2 heterocycles. The summed E-state index contributed by atoms with van der Waals surface area (Å²) < 4.78 is 42.1. The highest BCUT2D eigenvalue weighted by Gasteiger charge is 2.38. The largest absolute Gasteiger partial charge is 0.417 e.